The molecule has 0 amide bonds. The lowest BCUT2D eigenvalue weighted by molar-refractivity contribution is 0.0631. The van der Waals surface area contributed by atoms with Crippen LogP contribution in [-0.2, 0) is 13.1 Å². The molecule has 2 heterocycles. The molecule has 0 bridgehead atoms. The van der Waals surface area contributed by atoms with Crippen LogP contribution in [0.3, 0.4) is 0 Å². The molecule has 0 spiro atoms. The minimum absolute atomic E-state index is 0.133. The molecule has 1 aromatic heterocycles. The number of piperazine rings is 1. The molecule has 1 N–H and O–H groups in total. The summed E-state index contributed by atoms with van der Waals surface area (Å²) in [6, 6.07) is 23.8. The zero-order valence-corrected chi connectivity index (χ0v) is 17.6. The van der Waals surface area contributed by atoms with Crippen molar-refractivity contribution in [1.82, 2.24) is 14.4 Å². The Kier molecular flexibility index (Phi) is 5.72. The summed E-state index contributed by atoms with van der Waals surface area (Å²) < 4.78 is 16.2. The van der Waals surface area contributed by atoms with Crippen molar-refractivity contribution in [3.63, 3.8) is 0 Å². The molecular formula is C26H28FN3O. The van der Waals surface area contributed by atoms with Crippen LogP contribution in [0.4, 0.5) is 4.39 Å². The van der Waals surface area contributed by atoms with Gasteiger partial charge in [0.2, 0.25) is 0 Å². The molecule has 1 atom stereocenters. The number of aliphatic hydroxyl groups is 1. The summed E-state index contributed by atoms with van der Waals surface area (Å²) in [5, 5.41) is 13.4. The summed E-state index contributed by atoms with van der Waals surface area (Å²) in [6.07, 6.45) is -0.447. The molecule has 3 aromatic carbocycles. The molecule has 1 aliphatic rings. The van der Waals surface area contributed by atoms with Gasteiger partial charge in [-0.2, -0.15) is 0 Å². The van der Waals surface area contributed by atoms with Gasteiger partial charge in [0, 0.05) is 66.6 Å². The molecule has 4 aromatic rings. The van der Waals surface area contributed by atoms with Crippen molar-refractivity contribution < 1.29 is 9.50 Å². The van der Waals surface area contributed by atoms with Crippen LogP contribution in [0, 0.1) is 5.82 Å². The quantitative estimate of drug-likeness (QED) is 0.512. The Balaban J connectivity index is 1.22. The van der Waals surface area contributed by atoms with Crippen LogP contribution in [0.2, 0.25) is 0 Å². The lowest BCUT2D eigenvalue weighted by Gasteiger charge is -2.35. The normalized spacial score (nSPS) is 16.8. The maximum atomic E-state index is 13.9. The van der Waals surface area contributed by atoms with Crippen molar-refractivity contribution in [3.8, 4) is 0 Å². The van der Waals surface area contributed by atoms with Crippen LogP contribution in [-0.4, -0.2) is 58.3 Å². The summed E-state index contributed by atoms with van der Waals surface area (Å²) in [7, 11) is 0. The third kappa shape index (κ3) is 4.22. The van der Waals surface area contributed by atoms with Gasteiger partial charge in [-0.1, -0.05) is 54.6 Å². The number of hydrogen-bond donors (Lipinski definition) is 1. The zero-order valence-electron chi connectivity index (χ0n) is 17.6. The first-order valence-corrected chi connectivity index (χ1v) is 11.0. The fourth-order valence-corrected chi connectivity index (χ4v) is 4.76. The maximum Gasteiger partial charge on any atom is 0.127 e. The smallest absolute Gasteiger partial charge is 0.127 e. The minimum Gasteiger partial charge on any atom is -0.390 e. The van der Waals surface area contributed by atoms with Crippen molar-refractivity contribution in [2.24, 2.45) is 0 Å². The standard InChI is InChI=1S/C26H28FN3O/c27-24-10-4-1-7-20(24)17-28-13-15-29(16-14-28)18-21(31)19-30-25-11-5-2-8-22(25)23-9-3-6-12-26(23)30/h1-12,21,31H,13-19H2. The highest BCUT2D eigenvalue weighted by molar-refractivity contribution is 6.07. The van der Waals surface area contributed by atoms with Gasteiger partial charge in [-0.05, 0) is 18.2 Å². The van der Waals surface area contributed by atoms with Gasteiger partial charge >= 0.3 is 0 Å². The van der Waals surface area contributed by atoms with Gasteiger partial charge in [0.05, 0.1) is 12.6 Å². The second kappa shape index (κ2) is 8.79. The summed E-state index contributed by atoms with van der Waals surface area (Å²) >= 11 is 0. The summed E-state index contributed by atoms with van der Waals surface area (Å²) in [5.41, 5.74) is 3.08. The van der Waals surface area contributed by atoms with Crippen LogP contribution in [0.1, 0.15) is 5.56 Å². The summed E-state index contributed by atoms with van der Waals surface area (Å²) in [6.45, 7) is 5.41. The number of nitrogens with zero attached hydrogens (tertiary/aromatic N) is 3. The van der Waals surface area contributed by atoms with Gasteiger partial charge in [0.15, 0.2) is 0 Å². The zero-order chi connectivity index (χ0) is 21.2. The van der Waals surface area contributed by atoms with Crippen LogP contribution in [0.5, 0.6) is 0 Å². The molecule has 5 rings (SSSR count). The SMILES string of the molecule is OC(CN1CCN(Cc2ccccc2F)CC1)Cn1c2ccccc2c2ccccc21. The summed E-state index contributed by atoms with van der Waals surface area (Å²) in [4.78, 5) is 4.60. The van der Waals surface area contributed by atoms with E-state index in [1.165, 1.54) is 16.8 Å². The van der Waals surface area contributed by atoms with Crippen molar-refractivity contribution in [1.29, 1.82) is 0 Å². The number of fused-ring (bicyclic) bond motifs is 3. The maximum absolute atomic E-state index is 13.9. The van der Waals surface area contributed by atoms with Crippen molar-refractivity contribution in [3.05, 3.63) is 84.2 Å². The highest BCUT2D eigenvalue weighted by Gasteiger charge is 2.21. The second-order valence-corrected chi connectivity index (χ2v) is 8.47. The fourth-order valence-electron chi connectivity index (χ4n) is 4.76. The average Bonchev–Trinajstić information content (AvgIpc) is 3.11. The lowest BCUT2D eigenvalue weighted by atomic mass is 10.2. The second-order valence-electron chi connectivity index (χ2n) is 8.47. The third-order valence-electron chi connectivity index (χ3n) is 6.36. The van der Waals surface area contributed by atoms with E-state index in [0.717, 1.165) is 42.8 Å². The Morgan fingerprint density at radius 2 is 1.26 bits per heavy atom. The highest BCUT2D eigenvalue weighted by Crippen LogP contribution is 2.29. The number of para-hydroxylation sites is 2. The molecule has 1 saturated heterocycles. The minimum atomic E-state index is -0.447. The lowest BCUT2D eigenvalue weighted by Crippen LogP contribution is -2.48. The van der Waals surface area contributed by atoms with E-state index in [0.29, 0.717) is 19.6 Å². The first kappa shape index (κ1) is 20.2. The molecule has 5 heteroatoms. The monoisotopic (exact) mass is 417 g/mol. The molecule has 31 heavy (non-hydrogen) atoms. The van der Waals surface area contributed by atoms with E-state index in [4.69, 9.17) is 0 Å². The van der Waals surface area contributed by atoms with Crippen LogP contribution >= 0.6 is 0 Å². The molecular weight excluding hydrogens is 389 g/mol. The molecule has 1 fully saturated rings. The number of halogens is 1. The predicted molar refractivity (Wildman–Crippen MR) is 124 cm³/mol. The Morgan fingerprint density at radius 1 is 0.710 bits per heavy atom. The van der Waals surface area contributed by atoms with Crippen LogP contribution in [0.25, 0.3) is 21.8 Å². The number of aromatic nitrogens is 1. The van der Waals surface area contributed by atoms with Gasteiger partial charge in [-0.25, -0.2) is 4.39 Å². The first-order valence-electron chi connectivity index (χ1n) is 11.0. The molecule has 0 saturated carbocycles. The van der Waals surface area contributed by atoms with Gasteiger partial charge in [0.1, 0.15) is 5.82 Å². The molecule has 1 unspecified atom stereocenters. The number of aliphatic hydroxyl groups excluding tert-OH is 1. The fraction of sp³-hybridized carbons (Fsp3) is 0.308. The largest absolute Gasteiger partial charge is 0.390 e. The van der Waals surface area contributed by atoms with Gasteiger partial charge in [-0.15, -0.1) is 0 Å². The van der Waals surface area contributed by atoms with Crippen LogP contribution < -0.4 is 0 Å². The molecule has 160 valence electrons. The van der Waals surface area contributed by atoms with E-state index in [2.05, 4.69) is 62.9 Å². The van der Waals surface area contributed by atoms with Crippen molar-refractivity contribution in [2.75, 3.05) is 32.7 Å². The highest BCUT2D eigenvalue weighted by atomic mass is 19.1. The van der Waals surface area contributed by atoms with E-state index in [-0.39, 0.29) is 5.82 Å². The number of rotatable bonds is 6. The summed E-state index contributed by atoms with van der Waals surface area (Å²) in [5.74, 6) is -0.133. The van der Waals surface area contributed by atoms with E-state index in [9.17, 15) is 9.50 Å². The van der Waals surface area contributed by atoms with E-state index < -0.39 is 6.10 Å². The molecule has 0 radical (unpaired) electrons. The van der Waals surface area contributed by atoms with E-state index in [1.807, 2.05) is 12.1 Å². The van der Waals surface area contributed by atoms with Gasteiger partial charge in [0.25, 0.3) is 0 Å². The van der Waals surface area contributed by atoms with Crippen LogP contribution in [0.15, 0.2) is 72.8 Å². The Labute approximate surface area is 182 Å². The number of benzene rings is 3. The van der Waals surface area contributed by atoms with Crippen molar-refractivity contribution >= 4 is 21.8 Å². The Morgan fingerprint density at radius 3 is 1.90 bits per heavy atom. The van der Waals surface area contributed by atoms with E-state index in [1.54, 1.807) is 6.07 Å². The predicted octanol–water partition coefficient (Wildman–Crippen LogP) is 4.11. The Bertz CT molecular complexity index is 1130. The Hall–Kier alpha value is -2.73. The average molecular weight is 418 g/mol. The third-order valence-corrected chi connectivity index (χ3v) is 6.36. The van der Waals surface area contributed by atoms with Crippen molar-refractivity contribution in [2.45, 2.75) is 19.2 Å². The number of hydrogen-bond acceptors (Lipinski definition) is 3. The first-order chi connectivity index (χ1) is 15.2. The van der Waals surface area contributed by atoms with E-state index >= 15 is 0 Å². The molecule has 0 aliphatic carbocycles. The van der Waals surface area contributed by atoms with Gasteiger partial charge in [-0.3, -0.25) is 9.80 Å². The van der Waals surface area contributed by atoms with Gasteiger partial charge < -0.3 is 9.67 Å². The molecule has 1 aliphatic heterocycles. The number of β-amino-alcohol motifs (C(OH)–C–C–N with tert-alkyl or cyclic N) is 1. The molecule has 4 nitrogen and oxygen atoms in total. The topological polar surface area (TPSA) is 31.6 Å².